The Labute approximate surface area is 224 Å². The van der Waals surface area contributed by atoms with E-state index in [4.69, 9.17) is 9.47 Å². The number of hydrazine groups is 1. The molecule has 10 nitrogen and oxygen atoms in total. The molecule has 2 heterocycles. The lowest BCUT2D eigenvalue weighted by atomic mass is 9.71. The van der Waals surface area contributed by atoms with Crippen molar-refractivity contribution in [1.82, 2.24) is 21.1 Å². The van der Waals surface area contributed by atoms with E-state index in [1.165, 1.54) is 0 Å². The first-order chi connectivity index (χ1) is 18.0. The monoisotopic (exact) mass is 522 g/mol. The minimum absolute atomic E-state index is 0.275. The molecule has 2 aliphatic heterocycles. The predicted octanol–water partition coefficient (Wildman–Crippen LogP) is 4.14. The van der Waals surface area contributed by atoms with Crippen molar-refractivity contribution in [2.45, 2.75) is 60.0 Å². The van der Waals surface area contributed by atoms with Crippen LogP contribution >= 0.6 is 0 Å². The number of esters is 1. The van der Waals surface area contributed by atoms with Crippen LogP contribution in [0.15, 0.2) is 69.8 Å². The number of hydrogen-bond acceptors (Lipinski definition) is 9. The van der Waals surface area contributed by atoms with E-state index in [0.29, 0.717) is 37.6 Å². The number of nitrogens with zero attached hydrogens (tertiary/aromatic N) is 2. The summed E-state index contributed by atoms with van der Waals surface area (Å²) in [6, 6.07) is 9.81. The average molecular weight is 523 g/mol. The summed E-state index contributed by atoms with van der Waals surface area (Å²) in [5, 5.41) is 11.3. The molecule has 0 unspecified atom stereocenters. The second-order valence-electron chi connectivity index (χ2n) is 11.0. The Kier molecular flexibility index (Phi) is 7.71. The Morgan fingerprint density at radius 1 is 1.16 bits per heavy atom. The van der Waals surface area contributed by atoms with Crippen LogP contribution in [-0.4, -0.2) is 48.3 Å². The van der Waals surface area contributed by atoms with Gasteiger partial charge in [0.1, 0.15) is 11.3 Å². The van der Waals surface area contributed by atoms with Gasteiger partial charge in [-0.15, -0.1) is 0 Å². The van der Waals surface area contributed by atoms with Crippen LogP contribution in [-0.2, 0) is 14.3 Å². The standard InChI is InChI=1S/C28H38N6O4/c1-7-37-24(35)23-20-22(33-34(23)15-11-14-29-26(36)38-27(2,3)4)21-18(16-28(20,5)6)17-30-25(32-21)31-19-12-9-8-10-13-19/h8-10,12-13,17,33H,7,11,14-16H2,1-6H3,(H,29,36)(H2,30,31,32). The molecule has 0 fully saturated rings. The third-order valence-corrected chi connectivity index (χ3v) is 6.21. The topological polar surface area (TPSA) is 116 Å². The van der Waals surface area contributed by atoms with E-state index >= 15 is 0 Å². The van der Waals surface area contributed by atoms with Crippen molar-refractivity contribution in [1.29, 1.82) is 0 Å². The maximum Gasteiger partial charge on any atom is 0.407 e. The molecule has 3 aliphatic rings. The molecular weight excluding hydrogens is 484 g/mol. The van der Waals surface area contributed by atoms with Gasteiger partial charge in [0.15, 0.2) is 0 Å². The van der Waals surface area contributed by atoms with Gasteiger partial charge in [-0.05, 0) is 63.7 Å². The molecule has 1 amide bonds. The lowest BCUT2D eigenvalue weighted by molar-refractivity contribution is -0.140. The number of benzene rings is 1. The van der Waals surface area contributed by atoms with Gasteiger partial charge in [0.25, 0.3) is 0 Å². The quantitative estimate of drug-likeness (QED) is 0.312. The maximum atomic E-state index is 13.2. The predicted molar refractivity (Wildman–Crippen MR) is 146 cm³/mol. The highest BCUT2D eigenvalue weighted by Crippen LogP contribution is 2.49. The van der Waals surface area contributed by atoms with Crippen LogP contribution in [0.3, 0.4) is 0 Å². The summed E-state index contributed by atoms with van der Waals surface area (Å²) in [6.07, 6.45) is 2.70. The summed E-state index contributed by atoms with van der Waals surface area (Å²) in [7, 11) is 0. The number of para-hydroxylation sites is 1. The van der Waals surface area contributed by atoms with Gasteiger partial charge in [-0.3, -0.25) is 10.4 Å². The second kappa shape index (κ2) is 10.8. The maximum absolute atomic E-state index is 13.2. The van der Waals surface area contributed by atoms with Crippen molar-refractivity contribution in [2.75, 3.05) is 25.0 Å². The van der Waals surface area contributed by atoms with Gasteiger partial charge in [-0.1, -0.05) is 32.0 Å². The molecule has 10 heteroatoms. The molecule has 1 aliphatic carbocycles. The lowest BCUT2D eigenvalue weighted by Gasteiger charge is -2.36. The molecule has 204 valence electrons. The number of carbonyl (C=O) groups is 2. The molecule has 0 bridgehead atoms. The normalized spacial score (nSPS) is 17.9. The number of carbonyl (C=O) groups excluding carboxylic acids is 2. The molecular formula is C28H38N6O4. The van der Waals surface area contributed by atoms with Crippen molar-refractivity contribution in [3.05, 3.63) is 64.8 Å². The number of anilines is 1. The number of guanidine groups is 1. The van der Waals surface area contributed by atoms with Crippen molar-refractivity contribution < 1.29 is 19.1 Å². The summed E-state index contributed by atoms with van der Waals surface area (Å²) < 4.78 is 10.8. The summed E-state index contributed by atoms with van der Waals surface area (Å²) in [5.41, 5.74) is 7.63. The van der Waals surface area contributed by atoms with Gasteiger partial charge in [0.05, 0.1) is 18.0 Å². The largest absolute Gasteiger partial charge is 0.461 e. The highest BCUT2D eigenvalue weighted by atomic mass is 16.6. The Morgan fingerprint density at radius 3 is 2.58 bits per heavy atom. The Morgan fingerprint density at radius 2 is 1.89 bits per heavy atom. The van der Waals surface area contributed by atoms with Crippen LogP contribution in [0.25, 0.3) is 0 Å². The fourth-order valence-electron chi connectivity index (χ4n) is 4.74. The minimum Gasteiger partial charge on any atom is -0.461 e. The summed E-state index contributed by atoms with van der Waals surface area (Å²) >= 11 is 0. The number of amides is 1. The number of alkyl carbamates (subject to hydrolysis) is 1. The number of ether oxygens (including phenoxy) is 2. The van der Waals surface area contributed by atoms with E-state index in [-0.39, 0.29) is 18.0 Å². The number of rotatable bonds is 7. The third-order valence-electron chi connectivity index (χ3n) is 6.21. The molecule has 38 heavy (non-hydrogen) atoms. The van der Waals surface area contributed by atoms with Crippen LogP contribution in [0, 0.1) is 5.41 Å². The average Bonchev–Trinajstić information content (AvgIpc) is 3.23. The summed E-state index contributed by atoms with van der Waals surface area (Å²) in [4.78, 5) is 29.8. The molecule has 0 saturated heterocycles. The number of nitrogens with one attached hydrogen (secondary N) is 4. The van der Waals surface area contributed by atoms with Crippen LogP contribution in [0.1, 0.15) is 54.4 Å². The van der Waals surface area contributed by atoms with E-state index in [1.54, 1.807) is 6.92 Å². The van der Waals surface area contributed by atoms with Crippen LogP contribution in [0.4, 0.5) is 10.5 Å². The van der Waals surface area contributed by atoms with Crippen molar-refractivity contribution in [3.63, 3.8) is 0 Å². The van der Waals surface area contributed by atoms with Gasteiger partial charge < -0.3 is 25.4 Å². The fourth-order valence-corrected chi connectivity index (χ4v) is 4.74. The zero-order valence-corrected chi connectivity index (χ0v) is 23.0. The van der Waals surface area contributed by atoms with E-state index in [9.17, 15) is 9.59 Å². The van der Waals surface area contributed by atoms with E-state index in [1.807, 2.05) is 62.3 Å². The first-order valence-corrected chi connectivity index (χ1v) is 13.0. The van der Waals surface area contributed by atoms with Gasteiger partial charge in [0, 0.05) is 30.5 Å². The number of fused-ring (bicyclic) bond motifs is 2. The third kappa shape index (κ3) is 6.12. The van der Waals surface area contributed by atoms with Crippen molar-refractivity contribution in [2.24, 2.45) is 10.4 Å². The van der Waals surface area contributed by atoms with E-state index in [2.05, 4.69) is 40.2 Å². The van der Waals surface area contributed by atoms with Crippen LogP contribution < -0.4 is 21.4 Å². The zero-order valence-electron chi connectivity index (χ0n) is 23.0. The SMILES string of the molecule is CCOC(=O)C1=C2C(=C3NC(Nc4ccccc4)=NC=C3CC2(C)C)NN1CCCNC(=O)OC(C)(C)C. The molecule has 0 radical (unpaired) electrons. The molecule has 0 saturated carbocycles. The zero-order chi connectivity index (χ0) is 27.5. The van der Waals surface area contributed by atoms with Gasteiger partial charge in [-0.2, -0.15) is 0 Å². The molecule has 0 spiro atoms. The first-order valence-electron chi connectivity index (χ1n) is 13.0. The number of hydrogen-bond donors (Lipinski definition) is 4. The molecule has 4 rings (SSSR count). The van der Waals surface area contributed by atoms with E-state index < -0.39 is 11.7 Å². The van der Waals surface area contributed by atoms with Gasteiger partial charge in [-0.25, -0.2) is 14.6 Å². The Bertz CT molecular complexity index is 1210. The van der Waals surface area contributed by atoms with Crippen LogP contribution in [0.2, 0.25) is 0 Å². The highest BCUT2D eigenvalue weighted by molar-refractivity contribution is 5.97. The molecule has 0 atom stereocenters. The fraction of sp³-hybridized carbons (Fsp3) is 0.464. The number of allylic oxidation sites excluding steroid dienone is 2. The molecule has 1 aromatic carbocycles. The number of aliphatic imine (C=N–C) groups is 1. The molecule has 4 N–H and O–H groups in total. The second-order valence-corrected chi connectivity index (χ2v) is 11.0. The van der Waals surface area contributed by atoms with Crippen molar-refractivity contribution >= 4 is 23.7 Å². The van der Waals surface area contributed by atoms with Gasteiger partial charge >= 0.3 is 12.1 Å². The van der Waals surface area contributed by atoms with Crippen LogP contribution in [0.5, 0.6) is 0 Å². The van der Waals surface area contributed by atoms with Crippen molar-refractivity contribution in [3.8, 4) is 0 Å². The van der Waals surface area contributed by atoms with Gasteiger partial charge in [0.2, 0.25) is 5.96 Å². The Balaban J connectivity index is 1.57. The smallest absolute Gasteiger partial charge is 0.407 e. The first kappa shape index (κ1) is 27.1. The summed E-state index contributed by atoms with van der Waals surface area (Å²) in [6.45, 7) is 12.7. The minimum atomic E-state index is -0.563. The molecule has 0 aromatic heterocycles. The Hall–Kier alpha value is -3.95. The molecule has 1 aromatic rings. The van der Waals surface area contributed by atoms with E-state index in [0.717, 1.165) is 28.2 Å². The summed E-state index contributed by atoms with van der Waals surface area (Å²) in [5.74, 6) is 0.222. The lowest BCUT2D eigenvalue weighted by Crippen LogP contribution is -2.41. The highest BCUT2D eigenvalue weighted by Gasteiger charge is 2.46.